The first-order valence-corrected chi connectivity index (χ1v) is 7.61. The van der Waals surface area contributed by atoms with Crippen LogP contribution < -0.4 is 10.6 Å². The molecule has 0 bridgehead atoms. The van der Waals surface area contributed by atoms with Gasteiger partial charge >= 0.3 is 0 Å². The average Bonchev–Trinajstić information content (AvgIpc) is 2.84. The van der Waals surface area contributed by atoms with Crippen LogP contribution >= 0.6 is 11.3 Å². The van der Waals surface area contributed by atoms with E-state index in [4.69, 9.17) is 0 Å². The summed E-state index contributed by atoms with van der Waals surface area (Å²) in [6.07, 6.45) is 5.08. The van der Waals surface area contributed by atoms with Crippen molar-refractivity contribution in [2.75, 3.05) is 19.6 Å². The molecule has 0 amide bonds. The number of thiazole rings is 1. The Morgan fingerprint density at radius 2 is 2.53 bits per heavy atom. The summed E-state index contributed by atoms with van der Waals surface area (Å²) in [5, 5.41) is 10.4. The topological polar surface area (TPSA) is 37.0 Å². The molecule has 1 aromatic heterocycles. The second-order valence-electron chi connectivity index (χ2n) is 4.76. The van der Waals surface area contributed by atoms with Gasteiger partial charge in [0, 0.05) is 11.9 Å². The summed E-state index contributed by atoms with van der Waals surface area (Å²) in [5.74, 6) is 0.873. The van der Waals surface area contributed by atoms with Crippen molar-refractivity contribution >= 4 is 11.3 Å². The number of hydrogen-bond donors (Lipinski definition) is 2. The predicted molar refractivity (Wildman–Crippen MR) is 73.4 cm³/mol. The highest BCUT2D eigenvalue weighted by Crippen LogP contribution is 2.13. The van der Waals surface area contributed by atoms with Gasteiger partial charge in [-0.25, -0.2) is 4.98 Å². The van der Waals surface area contributed by atoms with Gasteiger partial charge < -0.3 is 10.6 Å². The molecule has 96 valence electrons. The molecule has 2 N–H and O–H groups in total. The number of aryl methyl sites for hydroxylation is 1. The first kappa shape index (κ1) is 13.0. The van der Waals surface area contributed by atoms with Gasteiger partial charge in [-0.3, -0.25) is 0 Å². The molecule has 0 aliphatic carbocycles. The van der Waals surface area contributed by atoms with E-state index in [1.165, 1.54) is 43.1 Å². The number of rotatable bonds is 6. The third-order valence-electron chi connectivity index (χ3n) is 3.34. The van der Waals surface area contributed by atoms with E-state index in [1.54, 1.807) is 11.3 Å². The number of aromatic nitrogens is 1. The van der Waals surface area contributed by atoms with Crippen LogP contribution in [-0.2, 0) is 13.0 Å². The lowest BCUT2D eigenvalue weighted by Gasteiger charge is -2.22. The zero-order chi connectivity index (χ0) is 11.9. The zero-order valence-corrected chi connectivity index (χ0v) is 11.5. The van der Waals surface area contributed by atoms with Crippen LogP contribution in [0.4, 0.5) is 0 Å². The number of nitrogens with zero attached hydrogens (tertiary/aromatic N) is 1. The van der Waals surface area contributed by atoms with Crippen molar-refractivity contribution in [1.29, 1.82) is 0 Å². The Balaban J connectivity index is 1.59. The molecule has 1 saturated heterocycles. The van der Waals surface area contributed by atoms with E-state index >= 15 is 0 Å². The summed E-state index contributed by atoms with van der Waals surface area (Å²) < 4.78 is 0. The minimum Gasteiger partial charge on any atom is -0.316 e. The molecule has 0 radical (unpaired) electrons. The molecule has 1 unspecified atom stereocenters. The summed E-state index contributed by atoms with van der Waals surface area (Å²) in [6, 6.07) is 0. The van der Waals surface area contributed by atoms with Crippen molar-refractivity contribution in [2.45, 2.75) is 39.2 Å². The molecular formula is C13H23N3S. The van der Waals surface area contributed by atoms with Gasteiger partial charge in [0.2, 0.25) is 0 Å². The molecule has 17 heavy (non-hydrogen) atoms. The highest BCUT2D eigenvalue weighted by Gasteiger charge is 2.11. The van der Waals surface area contributed by atoms with Gasteiger partial charge in [0.15, 0.2) is 0 Å². The first-order chi connectivity index (χ1) is 8.38. The van der Waals surface area contributed by atoms with Crippen molar-refractivity contribution in [3.8, 4) is 0 Å². The SMILES string of the molecule is CCc1nc(CNCCC2CCCNC2)cs1. The lowest BCUT2D eigenvalue weighted by molar-refractivity contribution is 0.351. The van der Waals surface area contributed by atoms with E-state index in [0.717, 1.165) is 25.4 Å². The molecule has 4 heteroatoms. The van der Waals surface area contributed by atoms with Crippen LogP contribution in [0.5, 0.6) is 0 Å². The Bertz CT molecular complexity index is 318. The smallest absolute Gasteiger partial charge is 0.0926 e. The maximum absolute atomic E-state index is 4.56. The summed E-state index contributed by atoms with van der Waals surface area (Å²) >= 11 is 1.77. The van der Waals surface area contributed by atoms with Crippen LogP contribution in [0.1, 0.15) is 36.9 Å². The molecule has 1 aliphatic heterocycles. The van der Waals surface area contributed by atoms with Gasteiger partial charge in [0.05, 0.1) is 10.7 Å². The third-order valence-corrected chi connectivity index (χ3v) is 4.38. The van der Waals surface area contributed by atoms with Crippen LogP contribution in [0.15, 0.2) is 5.38 Å². The highest BCUT2D eigenvalue weighted by molar-refractivity contribution is 7.09. The summed E-state index contributed by atoms with van der Waals surface area (Å²) in [4.78, 5) is 4.56. The van der Waals surface area contributed by atoms with Crippen LogP contribution in [-0.4, -0.2) is 24.6 Å². The quantitative estimate of drug-likeness (QED) is 0.763. The summed E-state index contributed by atoms with van der Waals surface area (Å²) in [5.41, 5.74) is 1.20. The monoisotopic (exact) mass is 253 g/mol. The molecule has 1 aromatic rings. The predicted octanol–water partition coefficient (Wildman–Crippen LogP) is 2.18. The van der Waals surface area contributed by atoms with Crippen LogP contribution in [0, 0.1) is 5.92 Å². The molecule has 2 rings (SSSR count). The van der Waals surface area contributed by atoms with Crippen molar-refractivity contribution in [2.24, 2.45) is 5.92 Å². The van der Waals surface area contributed by atoms with E-state index in [2.05, 4.69) is 27.9 Å². The maximum atomic E-state index is 4.56. The lowest BCUT2D eigenvalue weighted by Crippen LogP contribution is -2.31. The molecule has 2 heterocycles. The largest absolute Gasteiger partial charge is 0.316 e. The van der Waals surface area contributed by atoms with Gasteiger partial charge in [-0.2, -0.15) is 0 Å². The molecule has 0 aromatic carbocycles. The Kier molecular flexibility index (Phi) is 5.42. The Hall–Kier alpha value is -0.450. The maximum Gasteiger partial charge on any atom is 0.0926 e. The van der Waals surface area contributed by atoms with Crippen LogP contribution in [0.25, 0.3) is 0 Å². The van der Waals surface area contributed by atoms with Gasteiger partial charge in [0.25, 0.3) is 0 Å². The fraction of sp³-hybridized carbons (Fsp3) is 0.769. The minimum absolute atomic E-state index is 0.873. The summed E-state index contributed by atoms with van der Waals surface area (Å²) in [7, 11) is 0. The van der Waals surface area contributed by atoms with Gasteiger partial charge in [0.1, 0.15) is 0 Å². The average molecular weight is 253 g/mol. The Morgan fingerprint density at radius 3 is 3.24 bits per heavy atom. The second kappa shape index (κ2) is 7.09. The minimum atomic E-state index is 0.873. The standard InChI is InChI=1S/C13H23N3S/c1-2-13-16-12(10-17-13)9-15-7-5-11-4-3-6-14-8-11/h10-11,14-15H,2-9H2,1H3. The van der Waals surface area contributed by atoms with E-state index in [9.17, 15) is 0 Å². The molecule has 1 fully saturated rings. The van der Waals surface area contributed by atoms with Gasteiger partial charge in [-0.1, -0.05) is 6.92 Å². The lowest BCUT2D eigenvalue weighted by atomic mass is 9.96. The van der Waals surface area contributed by atoms with Crippen LogP contribution in [0.2, 0.25) is 0 Å². The van der Waals surface area contributed by atoms with Crippen molar-refractivity contribution < 1.29 is 0 Å². The number of hydrogen-bond acceptors (Lipinski definition) is 4. The fourth-order valence-electron chi connectivity index (χ4n) is 2.29. The number of piperidine rings is 1. The zero-order valence-electron chi connectivity index (χ0n) is 10.7. The van der Waals surface area contributed by atoms with Gasteiger partial charge in [-0.05, 0) is 51.2 Å². The molecule has 1 atom stereocenters. The van der Waals surface area contributed by atoms with E-state index in [0.29, 0.717) is 0 Å². The molecule has 0 saturated carbocycles. The Morgan fingerprint density at radius 1 is 1.59 bits per heavy atom. The first-order valence-electron chi connectivity index (χ1n) is 6.73. The van der Waals surface area contributed by atoms with Crippen molar-refractivity contribution in [3.63, 3.8) is 0 Å². The summed E-state index contributed by atoms with van der Waals surface area (Å²) in [6.45, 7) is 6.62. The molecule has 0 spiro atoms. The highest BCUT2D eigenvalue weighted by atomic mass is 32.1. The van der Waals surface area contributed by atoms with Crippen molar-refractivity contribution in [3.05, 3.63) is 16.1 Å². The fourth-order valence-corrected chi connectivity index (χ4v) is 3.03. The van der Waals surface area contributed by atoms with Crippen LogP contribution in [0.3, 0.4) is 0 Å². The Labute approximate surface area is 108 Å². The molecule has 1 aliphatic rings. The number of nitrogens with one attached hydrogen (secondary N) is 2. The van der Waals surface area contributed by atoms with E-state index in [1.807, 2.05) is 0 Å². The second-order valence-corrected chi connectivity index (χ2v) is 5.71. The van der Waals surface area contributed by atoms with E-state index < -0.39 is 0 Å². The third kappa shape index (κ3) is 4.37. The van der Waals surface area contributed by atoms with Crippen molar-refractivity contribution in [1.82, 2.24) is 15.6 Å². The normalized spacial score (nSPS) is 20.6. The molecular weight excluding hydrogens is 230 g/mol. The van der Waals surface area contributed by atoms with E-state index in [-0.39, 0.29) is 0 Å². The molecule has 3 nitrogen and oxygen atoms in total. The van der Waals surface area contributed by atoms with Gasteiger partial charge in [-0.15, -0.1) is 11.3 Å².